The van der Waals surface area contributed by atoms with Crippen LogP contribution in [0.2, 0.25) is 0 Å². The molecule has 0 aliphatic carbocycles. The van der Waals surface area contributed by atoms with E-state index in [0.29, 0.717) is 23.0 Å². The molecule has 1 heterocycles. The van der Waals surface area contributed by atoms with E-state index in [0.717, 1.165) is 4.90 Å². The Hall–Kier alpha value is -1.86. The molecule has 0 saturated carbocycles. The summed E-state index contributed by atoms with van der Waals surface area (Å²) in [6.07, 6.45) is 0. The molecule has 23 heavy (non-hydrogen) atoms. The highest BCUT2D eigenvalue weighted by atomic mass is 32.2. The quantitative estimate of drug-likeness (QED) is 0.757. The van der Waals surface area contributed by atoms with Gasteiger partial charge in [-0.3, -0.25) is 4.79 Å². The fourth-order valence-corrected chi connectivity index (χ4v) is 2.52. The molecule has 0 aliphatic heterocycles. The van der Waals surface area contributed by atoms with Gasteiger partial charge in [0, 0.05) is 22.1 Å². The maximum atomic E-state index is 12.2. The van der Waals surface area contributed by atoms with Crippen LogP contribution in [0.4, 0.5) is 0 Å². The third-order valence-electron chi connectivity index (χ3n) is 3.17. The minimum absolute atomic E-state index is 0.132. The Labute approximate surface area is 139 Å². The Balaban J connectivity index is 1.97. The predicted molar refractivity (Wildman–Crippen MR) is 88.5 cm³/mol. The fourth-order valence-electron chi connectivity index (χ4n) is 1.87. The molecule has 0 fully saturated rings. The highest BCUT2D eigenvalue weighted by Gasteiger charge is 2.18. The molecule has 0 bridgehead atoms. The normalized spacial score (nSPS) is 12.4. The van der Waals surface area contributed by atoms with Crippen molar-refractivity contribution in [2.24, 2.45) is 0 Å². The fraction of sp³-hybridized carbons (Fsp3) is 0.438. The zero-order valence-corrected chi connectivity index (χ0v) is 14.3. The molecule has 0 spiro atoms. The van der Waals surface area contributed by atoms with Crippen LogP contribution in [0.3, 0.4) is 0 Å². The number of hydrogen-bond acceptors (Lipinski definition) is 6. The monoisotopic (exact) mass is 335 g/mol. The molecule has 1 aromatic carbocycles. The summed E-state index contributed by atoms with van der Waals surface area (Å²) in [5, 5.41) is 15.6. The molecule has 2 aromatic rings. The molecule has 1 unspecified atom stereocenters. The number of rotatable bonds is 7. The van der Waals surface area contributed by atoms with Crippen LogP contribution in [-0.2, 0) is 0 Å². The van der Waals surface area contributed by atoms with E-state index < -0.39 is 0 Å². The molecule has 124 valence electrons. The molecule has 6 nitrogen and oxygen atoms in total. The van der Waals surface area contributed by atoms with Crippen molar-refractivity contribution < 1.29 is 14.4 Å². The number of nitrogens with one attached hydrogen (secondary N) is 1. The van der Waals surface area contributed by atoms with Gasteiger partial charge in [0.2, 0.25) is 5.89 Å². The number of carbonyl (C=O) groups excluding carboxylic acids is 1. The van der Waals surface area contributed by atoms with Gasteiger partial charge in [0.05, 0.1) is 6.61 Å². The van der Waals surface area contributed by atoms with Crippen LogP contribution in [0.5, 0.6) is 0 Å². The number of nitrogens with zero attached hydrogens (tertiary/aromatic N) is 2. The summed E-state index contributed by atoms with van der Waals surface area (Å²) >= 11 is 1.54. The summed E-state index contributed by atoms with van der Waals surface area (Å²) in [7, 11) is 0. The van der Waals surface area contributed by atoms with Gasteiger partial charge in [0.25, 0.3) is 5.91 Å². The average Bonchev–Trinajstić information content (AvgIpc) is 3.03. The van der Waals surface area contributed by atoms with E-state index in [4.69, 9.17) is 9.63 Å². The van der Waals surface area contributed by atoms with Gasteiger partial charge in [0.15, 0.2) is 5.82 Å². The second-order valence-corrected chi connectivity index (χ2v) is 6.61. The van der Waals surface area contributed by atoms with E-state index in [1.165, 1.54) is 0 Å². The molecule has 2 N–H and O–H groups in total. The number of aliphatic hydroxyl groups is 1. The molecule has 1 atom stereocenters. The number of hydrogen-bond donors (Lipinski definition) is 2. The minimum Gasteiger partial charge on any atom is -0.396 e. The molecule has 7 heteroatoms. The summed E-state index contributed by atoms with van der Waals surface area (Å²) in [6.45, 7) is 5.90. The second-order valence-electron chi connectivity index (χ2n) is 5.44. The van der Waals surface area contributed by atoms with Crippen molar-refractivity contribution in [3.8, 4) is 0 Å². The van der Waals surface area contributed by atoms with Gasteiger partial charge in [-0.1, -0.05) is 19.0 Å². The van der Waals surface area contributed by atoms with Gasteiger partial charge in [-0.2, -0.15) is 4.98 Å². The first-order chi connectivity index (χ1) is 11.0. The van der Waals surface area contributed by atoms with Gasteiger partial charge < -0.3 is 14.9 Å². The van der Waals surface area contributed by atoms with Crippen molar-refractivity contribution in [2.75, 3.05) is 12.4 Å². The lowest BCUT2D eigenvalue weighted by atomic mass is 10.2. The third kappa shape index (κ3) is 4.80. The van der Waals surface area contributed by atoms with Crippen molar-refractivity contribution >= 4 is 17.7 Å². The van der Waals surface area contributed by atoms with Gasteiger partial charge in [0.1, 0.15) is 6.04 Å². The lowest BCUT2D eigenvalue weighted by Crippen LogP contribution is -2.26. The van der Waals surface area contributed by atoms with Crippen LogP contribution in [0.1, 0.15) is 54.8 Å². The lowest BCUT2D eigenvalue weighted by Gasteiger charge is -2.10. The zero-order valence-electron chi connectivity index (χ0n) is 13.4. The number of aliphatic hydroxyl groups excluding tert-OH is 1. The number of benzene rings is 1. The standard InChI is InChI=1S/C16H21N3O3S/c1-10(2)14-18-16(22-19-14)11(3)17-15(21)12-4-6-13(7-5-12)23-9-8-20/h4-7,10-11,20H,8-9H2,1-3H3,(H,17,21). The van der Waals surface area contributed by atoms with Gasteiger partial charge in [-0.05, 0) is 31.2 Å². The van der Waals surface area contributed by atoms with Gasteiger partial charge in [-0.15, -0.1) is 11.8 Å². The predicted octanol–water partition coefficient (Wildman–Crippen LogP) is 2.77. The van der Waals surface area contributed by atoms with E-state index in [2.05, 4.69) is 15.5 Å². The molecule has 1 amide bonds. The van der Waals surface area contributed by atoms with E-state index in [9.17, 15) is 4.79 Å². The Morgan fingerprint density at radius 1 is 1.30 bits per heavy atom. The topological polar surface area (TPSA) is 88.2 Å². The van der Waals surface area contributed by atoms with Crippen molar-refractivity contribution in [2.45, 2.75) is 37.6 Å². The third-order valence-corrected chi connectivity index (χ3v) is 4.16. The molecular formula is C16H21N3O3S. The average molecular weight is 335 g/mol. The zero-order chi connectivity index (χ0) is 16.8. The largest absolute Gasteiger partial charge is 0.396 e. The van der Waals surface area contributed by atoms with Crippen LogP contribution >= 0.6 is 11.8 Å². The van der Waals surface area contributed by atoms with E-state index in [1.54, 1.807) is 30.8 Å². The molecule has 2 rings (SSSR count). The van der Waals surface area contributed by atoms with Crippen molar-refractivity contribution in [1.82, 2.24) is 15.5 Å². The number of aromatic nitrogens is 2. The summed E-state index contributed by atoms with van der Waals surface area (Å²) in [5.74, 6) is 1.65. The van der Waals surface area contributed by atoms with Crippen molar-refractivity contribution in [1.29, 1.82) is 0 Å². The van der Waals surface area contributed by atoms with Crippen LogP contribution in [0.25, 0.3) is 0 Å². The molecule has 0 saturated heterocycles. The Morgan fingerprint density at radius 2 is 2.00 bits per heavy atom. The Bertz CT molecular complexity index is 640. The first kappa shape index (κ1) is 17.5. The summed E-state index contributed by atoms with van der Waals surface area (Å²) in [6, 6.07) is 6.89. The highest BCUT2D eigenvalue weighted by Crippen LogP contribution is 2.19. The number of carbonyl (C=O) groups is 1. The number of amides is 1. The van der Waals surface area contributed by atoms with Crippen molar-refractivity contribution in [3.05, 3.63) is 41.5 Å². The number of thioether (sulfide) groups is 1. The molecule has 0 radical (unpaired) electrons. The summed E-state index contributed by atoms with van der Waals surface area (Å²) in [5.41, 5.74) is 0.564. The van der Waals surface area contributed by atoms with Gasteiger partial charge in [-0.25, -0.2) is 0 Å². The van der Waals surface area contributed by atoms with Crippen LogP contribution in [-0.4, -0.2) is 33.5 Å². The van der Waals surface area contributed by atoms with E-state index >= 15 is 0 Å². The molecule has 1 aromatic heterocycles. The first-order valence-electron chi connectivity index (χ1n) is 7.49. The van der Waals surface area contributed by atoms with Crippen LogP contribution in [0, 0.1) is 0 Å². The Kier molecular flexibility index (Phi) is 6.18. The van der Waals surface area contributed by atoms with Gasteiger partial charge >= 0.3 is 0 Å². The molecular weight excluding hydrogens is 314 g/mol. The lowest BCUT2D eigenvalue weighted by molar-refractivity contribution is 0.0932. The smallest absolute Gasteiger partial charge is 0.251 e. The van der Waals surface area contributed by atoms with Crippen LogP contribution in [0.15, 0.2) is 33.7 Å². The Morgan fingerprint density at radius 3 is 2.57 bits per heavy atom. The van der Waals surface area contributed by atoms with Crippen LogP contribution < -0.4 is 5.32 Å². The second kappa shape index (κ2) is 8.12. The van der Waals surface area contributed by atoms with E-state index in [1.807, 2.05) is 26.0 Å². The first-order valence-corrected chi connectivity index (χ1v) is 8.48. The molecule has 0 aliphatic rings. The highest BCUT2D eigenvalue weighted by molar-refractivity contribution is 7.99. The minimum atomic E-state index is -0.356. The summed E-state index contributed by atoms with van der Waals surface area (Å²) < 4.78 is 5.19. The maximum Gasteiger partial charge on any atom is 0.251 e. The van der Waals surface area contributed by atoms with E-state index in [-0.39, 0.29) is 24.5 Å². The SMILES string of the molecule is CC(C)c1noc(C(C)NC(=O)c2ccc(SCCO)cc2)n1. The van der Waals surface area contributed by atoms with Crippen molar-refractivity contribution in [3.63, 3.8) is 0 Å². The summed E-state index contributed by atoms with van der Waals surface area (Å²) in [4.78, 5) is 17.5. The maximum absolute atomic E-state index is 12.2.